The van der Waals surface area contributed by atoms with Gasteiger partial charge in [-0.25, -0.2) is 0 Å². The predicted octanol–water partition coefficient (Wildman–Crippen LogP) is 8.87. The van der Waals surface area contributed by atoms with Crippen LogP contribution >= 0.6 is 0 Å². The number of fused-ring (bicyclic) bond motifs is 1. The van der Waals surface area contributed by atoms with E-state index in [0.717, 1.165) is 0 Å². The number of benzene rings is 4. The minimum atomic E-state index is 1.17. The van der Waals surface area contributed by atoms with E-state index in [0.29, 0.717) is 0 Å². The van der Waals surface area contributed by atoms with Crippen molar-refractivity contribution in [1.82, 2.24) is 0 Å². The Bertz CT molecular complexity index is 1250. The van der Waals surface area contributed by atoms with E-state index in [1.54, 1.807) is 11.1 Å². The summed E-state index contributed by atoms with van der Waals surface area (Å²) < 4.78 is 0. The molecule has 35 heavy (non-hydrogen) atoms. The predicted molar refractivity (Wildman–Crippen MR) is 151 cm³/mol. The van der Waals surface area contributed by atoms with E-state index in [2.05, 4.69) is 110 Å². The van der Waals surface area contributed by atoms with Gasteiger partial charge in [0.2, 0.25) is 0 Å². The van der Waals surface area contributed by atoms with Crippen molar-refractivity contribution in [1.29, 1.82) is 0 Å². The third-order valence-corrected chi connectivity index (χ3v) is 7.55. The average Bonchev–Trinajstić information content (AvgIpc) is 2.88. The highest BCUT2D eigenvalue weighted by molar-refractivity contribution is 5.70. The van der Waals surface area contributed by atoms with E-state index in [1.165, 1.54) is 90.6 Å². The molecule has 0 heterocycles. The summed E-state index contributed by atoms with van der Waals surface area (Å²) in [5.74, 6) is 0. The molecule has 0 N–H and O–H groups in total. The molecule has 5 rings (SSSR count). The van der Waals surface area contributed by atoms with E-state index in [9.17, 15) is 0 Å². The molecule has 0 fully saturated rings. The number of hydrogen-bond donors (Lipinski definition) is 0. The van der Waals surface area contributed by atoms with E-state index in [1.807, 2.05) is 0 Å². The summed E-state index contributed by atoms with van der Waals surface area (Å²) in [6.45, 7) is 2.13. The molecule has 0 spiro atoms. The molecule has 4 aromatic carbocycles. The van der Waals surface area contributed by atoms with Crippen molar-refractivity contribution in [3.8, 4) is 11.1 Å². The Morgan fingerprint density at radius 3 is 1.83 bits per heavy atom. The highest BCUT2D eigenvalue weighted by atomic mass is 15.1. The van der Waals surface area contributed by atoms with Gasteiger partial charge in [-0.3, -0.25) is 0 Å². The summed E-state index contributed by atoms with van der Waals surface area (Å²) in [5.41, 5.74) is 12.5. The zero-order chi connectivity index (χ0) is 24.0. The van der Waals surface area contributed by atoms with Crippen molar-refractivity contribution in [2.45, 2.75) is 58.3 Å². The summed E-state index contributed by atoms with van der Waals surface area (Å²) in [6.07, 6.45) is 10.2. The van der Waals surface area contributed by atoms with Crippen LogP contribution in [-0.4, -0.2) is 7.05 Å². The van der Waals surface area contributed by atoms with Gasteiger partial charge in [-0.1, -0.05) is 85.1 Å². The number of unbranched alkanes of at least 4 members (excludes halogenated alkanes) is 3. The fourth-order valence-electron chi connectivity index (χ4n) is 5.12. The van der Waals surface area contributed by atoms with Gasteiger partial charge >= 0.3 is 0 Å². The number of nitrogens with zero attached hydrogens (tertiary/aromatic N) is 1. The molecular formula is C34H37N. The van der Waals surface area contributed by atoms with Crippen molar-refractivity contribution in [3.05, 3.63) is 119 Å². The first kappa shape index (κ1) is 23.4. The second-order valence-corrected chi connectivity index (χ2v) is 10.2. The van der Waals surface area contributed by atoms with E-state index >= 15 is 0 Å². The van der Waals surface area contributed by atoms with Gasteiger partial charge in [-0.15, -0.1) is 0 Å². The first-order chi connectivity index (χ1) is 17.2. The van der Waals surface area contributed by atoms with Gasteiger partial charge in [0, 0.05) is 18.4 Å². The molecule has 1 aliphatic rings. The lowest BCUT2D eigenvalue weighted by atomic mass is 9.86. The fraction of sp³-hybridized carbons (Fsp3) is 0.294. The maximum atomic E-state index is 2.44. The van der Waals surface area contributed by atoms with Crippen LogP contribution in [0.25, 0.3) is 11.1 Å². The van der Waals surface area contributed by atoms with Crippen LogP contribution in [0.3, 0.4) is 0 Å². The monoisotopic (exact) mass is 459 g/mol. The lowest BCUT2D eigenvalue weighted by Gasteiger charge is -2.20. The first-order valence-electron chi connectivity index (χ1n) is 13.3. The van der Waals surface area contributed by atoms with Gasteiger partial charge in [0.05, 0.1) is 0 Å². The van der Waals surface area contributed by atoms with Gasteiger partial charge in [0.1, 0.15) is 0 Å². The topological polar surface area (TPSA) is 3.24 Å². The Morgan fingerprint density at radius 2 is 1.20 bits per heavy atom. The minimum absolute atomic E-state index is 1.17. The second kappa shape index (κ2) is 11.0. The van der Waals surface area contributed by atoms with Crippen LogP contribution in [0.1, 0.15) is 53.5 Å². The van der Waals surface area contributed by atoms with Crippen molar-refractivity contribution in [2.24, 2.45) is 0 Å². The zero-order valence-corrected chi connectivity index (χ0v) is 21.3. The average molecular weight is 460 g/mol. The standard InChI is InChI=1S/C34H37N/c1-26-12-20-33(21-13-26)35(2)34-22-18-30(19-23-34)31-11-7-10-27(24-31)8-5-3-4-6-9-28-14-15-29-16-17-32(29)25-28/h7,10-15,18-25H,3-6,8-9,16-17H2,1-2H3. The Kier molecular flexibility index (Phi) is 7.33. The van der Waals surface area contributed by atoms with Crippen molar-refractivity contribution in [2.75, 3.05) is 11.9 Å². The molecule has 178 valence electrons. The Labute approximate surface area is 211 Å². The Hall–Kier alpha value is -3.32. The molecule has 1 heteroatoms. The van der Waals surface area contributed by atoms with Gasteiger partial charge in [-0.05, 0) is 103 Å². The molecule has 0 aromatic heterocycles. The maximum absolute atomic E-state index is 2.44. The molecule has 0 amide bonds. The molecule has 0 unspecified atom stereocenters. The molecule has 0 atom stereocenters. The third-order valence-electron chi connectivity index (χ3n) is 7.55. The SMILES string of the molecule is Cc1ccc(N(C)c2ccc(-c3cccc(CCCCCCc4ccc5c(c4)CC5)c3)cc2)cc1. The Morgan fingerprint density at radius 1 is 0.571 bits per heavy atom. The van der Waals surface area contributed by atoms with Crippen molar-refractivity contribution in [3.63, 3.8) is 0 Å². The maximum Gasteiger partial charge on any atom is 0.0408 e. The lowest BCUT2D eigenvalue weighted by molar-refractivity contribution is 0.639. The molecule has 0 aliphatic heterocycles. The minimum Gasteiger partial charge on any atom is -0.345 e. The van der Waals surface area contributed by atoms with Crippen LogP contribution < -0.4 is 4.90 Å². The number of hydrogen-bond acceptors (Lipinski definition) is 1. The van der Waals surface area contributed by atoms with E-state index in [4.69, 9.17) is 0 Å². The number of anilines is 2. The molecule has 1 nitrogen and oxygen atoms in total. The molecule has 0 saturated carbocycles. The van der Waals surface area contributed by atoms with Gasteiger partial charge in [0.15, 0.2) is 0 Å². The Balaban J connectivity index is 1.10. The number of aryl methyl sites for hydroxylation is 5. The van der Waals surface area contributed by atoms with Gasteiger partial charge in [-0.2, -0.15) is 0 Å². The summed E-state index contributed by atoms with van der Waals surface area (Å²) in [4.78, 5) is 2.24. The molecular weight excluding hydrogens is 422 g/mol. The van der Waals surface area contributed by atoms with Crippen LogP contribution in [-0.2, 0) is 25.7 Å². The summed E-state index contributed by atoms with van der Waals surface area (Å²) in [7, 11) is 2.13. The smallest absolute Gasteiger partial charge is 0.0408 e. The molecule has 0 saturated heterocycles. The first-order valence-corrected chi connectivity index (χ1v) is 13.3. The van der Waals surface area contributed by atoms with Crippen molar-refractivity contribution < 1.29 is 0 Å². The fourth-order valence-corrected chi connectivity index (χ4v) is 5.12. The normalized spacial score (nSPS) is 12.2. The van der Waals surface area contributed by atoms with E-state index in [-0.39, 0.29) is 0 Å². The van der Waals surface area contributed by atoms with Crippen LogP contribution in [0, 0.1) is 6.92 Å². The summed E-state index contributed by atoms with van der Waals surface area (Å²) in [5, 5.41) is 0. The number of rotatable bonds is 10. The summed E-state index contributed by atoms with van der Waals surface area (Å²) in [6, 6.07) is 33.9. The highest BCUT2D eigenvalue weighted by Gasteiger charge is 2.12. The largest absolute Gasteiger partial charge is 0.345 e. The molecule has 4 aromatic rings. The van der Waals surface area contributed by atoms with Crippen molar-refractivity contribution >= 4 is 11.4 Å². The zero-order valence-electron chi connectivity index (χ0n) is 21.3. The third kappa shape index (κ3) is 5.85. The van der Waals surface area contributed by atoms with Gasteiger partial charge < -0.3 is 4.90 Å². The highest BCUT2D eigenvalue weighted by Crippen LogP contribution is 2.28. The van der Waals surface area contributed by atoms with Gasteiger partial charge in [0.25, 0.3) is 0 Å². The van der Waals surface area contributed by atoms with Crippen LogP contribution in [0.15, 0.2) is 91.0 Å². The van der Waals surface area contributed by atoms with E-state index < -0.39 is 0 Å². The quantitative estimate of drug-likeness (QED) is 0.214. The second-order valence-electron chi connectivity index (χ2n) is 10.2. The lowest BCUT2D eigenvalue weighted by Crippen LogP contribution is -2.08. The molecule has 1 aliphatic carbocycles. The molecule has 0 bridgehead atoms. The molecule has 0 radical (unpaired) electrons. The van der Waals surface area contributed by atoms with Crippen LogP contribution in [0.4, 0.5) is 11.4 Å². The summed E-state index contributed by atoms with van der Waals surface area (Å²) >= 11 is 0. The van der Waals surface area contributed by atoms with Crippen LogP contribution in [0.5, 0.6) is 0 Å². The van der Waals surface area contributed by atoms with Crippen LogP contribution in [0.2, 0.25) is 0 Å².